The van der Waals surface area contributed by atoms with Gasteiger partial charge in [-0.05, 0) is 6.07 Å². The molecule has 16 heavy (non-hydrogen) atoms. The zero-order valence-electron chi connectivity index (χ0n) is 8.43. The summed E-state index contributed by atoms with van der Waals surface area (Å²) in [5.41, 5.74) is 0. The third-order valence-corrected chi connectivity index (χ3v) is 1.53. The van der Waals surface area contributed by atoms with Gasteiger partial charge in [0, 0.05) is 18.2 Å². The van der Waals surface area contributed by atoms with Gasteiger partial charge in [0.15, 0.2) is 11.5 Å². The lowest BCUT2D eigenvalue weighted by Crippen LogP contribution is -2.08. The van der Waals surface area contributed by atoms with E-state index in [0.29, 0.717) is 0 Å². The highest BCUT2D eigenvalue weighted by atomic mass is 16.6. The van der Waals surface area contributed by atoms with Crippen LogP contribution in [0, 0.1) is 6.07 Å². The number of benzene rings is 1. The average molecular weight is 217 g/mol. The van der Waals surface area contributed by atoms with Crippen molar-refractivity contribution in [2.75, 3.05) is 0 Å². The van der Waals surface area contributed by atoms with Crippen LogP contribution in [0.2, 0.25) is 0 Å². The zero-order chi connectivity index (χ0) is 12.0. The molecular formula is C12H9O4. The van der Waals surface area contributed by atoms with E-state index in [9.17, 15) is 9.59 Å². The normalized spacial score (nSPS) is 9.00. The van der Waals surface area contributed by atoms with Crippen molar-refractivity contribution in [3.8, 4) is 11.5 Å². The van der Waals surface area contributed by atoms with Crippen LogP contribution in [0.25, 0.3) is 0 Å². The Kier molecular flexibility index (Phi) is 4.03. The van der Waals surface area contributed by atoms with Crippen LogP contribution in [0.15, 0.2) is 43.5 Å². The van der Waals surface area contributed by atoms with Crippen molar-refractivity contribution in [2.45, 2.75) is 0 Å². The second-order valence-electron chi connectivity index (χ2n) is 2.61. The molecule has 0 unspecified atom stereocenters. The molecule has 1 aromatic carbocycles. The molecule has 0 atom stereocenters. The van der Waals surface area contributed by atoms with Crippen LogP contribution in [0.5, 0.6) is 11.5 Å². The molecule has 0 bridgehead atoms. The summed E-state index contributed by atoms with van der Waals surface area (Å²) in [6.07, 6.45) is 2.01. The van der Waals surface area contributed by atoms with Gasteiger partial charge in [0.1, 0.15) is 0 Å². The van der Waals surface area contributed by atoms with Gasteiger partial charge in [-0.25, -0.2) is 9.59 Å². The minimum absolute atomic E-state index is 0.0302. The Morgan fingerprint density at radius 1 is 1.19 bits per heavy atom. The number of rotatable bonds is 4. The summed E-state index contributed by atoms with van der Waals surface area (Å²) in [6, 6.07) is 7.22. The van der Waals surface area contributed by atoms with Gasteiger partial charge in [-0.15, -0.1) is 0 Å². The number of hydrogen-bond donors (Lipinski definition) is 0. The summed E-state index contributed by atoms with van der Waals surface area (Å²) in [5.74, 6) is -1.17. The number of carbonyl (C=O) groups is 2. The van der Waals surface area contributed by atoms with Crippen LogP contribution < -0.4 is 9.47 Å². The SMILES string of the molecule is C=CC(=O)Oc1[c]cccc1OC(=O)C=C. The molecule has 1 aromatic rings. The number of carbonyl (C=O) groups excluding carboxylic acids is 2. The topological polar surface area (TPSA) is 52.6 Å². The Morgan fingerprint density at radius 2 is 1.81 bits per heavy atom. The van der Waals surface area contributed by atoms with Crippen molar-refractivity contribution in [2.24, 2.45) is 0 Å². The first kappa shape index (κ1) is 11.7. The van der Waals surface area contributed by atoms with Crippen LogP contribution in [-0.2, 0) is 9.59 Å². The molecule has 81 valence electrons. The molecule has 0 spiro atoms. The second-order valence-corrected chi connectivity index (χ2v) is 2.61. The fourth-order valence-electron chi connectivity index (χ4n) is 0.859. The highest BCUT2D eigenvalue weighted by Crippen LogP contribution is 2.26. The monoisotopic (exact) mass is 217 g/mol. The Bertz CT molecular complexity index is 393. The van der Waals surface area contributed by atoms with Crippen LogP contribution in [-0.4, -0.2) is 11.9 Å². The number of esters is 2. The lowest BCUT2D eigenvalue weighted by atomic mass is 10.3. The van der Waals surface area contributed by atoms with E-state index in [-0.39, 0.29) is 11.5 Å². The smallest absolute Gasteiger partial charge is 0.335 e. The molecule has 1 rings (SSSR count). The Labute approximate surface area is 92.8 Å². The van der Waals surface area contributed by atoms with Gasteiger partial charge in [0.25, 0.3) is 0 Å². The van der Waals surface area contributed by atoms with Gasteiger partial charge in [-0.3, -0.25) is 0 Å². The number of hydrogen-bond acceptors (Lipinski definition) is 4. The molecule has 0 N–H and O–H groups in total. The van der Waals surface area contributed by atoms with Gasteiger partial charge < -0.3 is 9.47 Å². The van der Waals surface area contributed by atoms with Gasteiger partial charge in [0.2, 0.25) is 0 Å². The van der Waals surface area contributed by atoms with E-state index >= 15 is 0 Å². The Balaban J connectivity index is 2.91. The molecule has 0 saturated carbocycles. The van der Waals surface area contributed by atoms with Crippen molar-refractivity contribution in [3.05, 3.63) is 49.6 Å². The second kappa shape index (κ2) is 5.50. The van der Waals surface area contributed by atoms with E-state index in [1.54, 1.807) is 6.07 Å². The fraction of sp³-hybridized carbons (Fsp3) is 0. The van der Waals surface area contributed by atoms with E-state index in [4.69, 9.17) is 9.47 Å². The van der Waals surface area contributed by atoms with Gasteiger partial charge in [0.05, 0.1) is 0 Å². The molecule has 0 aliphatic rings. The van der Waals surface area contributed by atoms with Crippen molar-refractivity contribution in [1.29, 1.82) is 0 Å². The predicted octanol–water partition coefficient (Wildman–Crippen LogP) is 1.67. The number of ether oxygens (including phenoxy) is 2. The molecule has 0 fully saturated rings. The number of para-hydroxylation sites is 1. The fourth-order valence-corrected chi connectivity index (χ4v) is 0.859. The van der Waals surface area contributed by atoms with E-state index in [2.05, 4.69) is 19.2 Å². The summed E-state index contributed by atoms with van der Waals surface area (Å²) in [4.78, 5) is 21.9. The molecule has 0 aliphatic heterocycles. The van der Waals surface area contributed by atoms with Gasteiger partial charge in [-0.2, -0.15) is 0 Å². The van der Waals surface area contributed by atoms with Crippen molar-refractivity contribution >= 4 is 11.9 Å². The molecule has 0 amide bonds. The maximum atomic E-state index is 11.0. The first-order valence-electron chi connectivity index (χ1n) is 4.36. The molecule has 0 saturated heterocycles. The lowest BCUT2D eigenvalue weighted by molar-refractivity contribution is -0.131. The Morgan fingerprint density at radius 3 is 2.44 bits per heavy atom. The maximum Gasteiger partial charge on any atom is 0.335 e. The molecule has 0 aliphatic carbocycles. The van der Waals surface area contributed by atoms with Crippen molar-refractivity contribution in [1.82, 2.24) is 0 Å². The summed E-state index contributed by atoms with van der Waals surface area (Å²) < 4.78 is 9.66. The highest BCUT2D eigenvalue weighted by molar-refractivity contribution is 5.85. The molecule has 0 aromatic heterocycles. The summed E-state index contributed by atoms with van der Waals surface area (Å²) >= 11 is 0. The lowest BCUT2D eigenvalue weighted by Gasteiger charge is -2.06. The van der Waals surface area contributed by atoms with Gasteiger partial charge in [-0.1, -0.05) is 25.3 Å². The average Bonchev–Trinajstić information content (AvgIpc) is 2.31. The molecule has 4 nitrogen and oxygen atoms in total. The summed E-state index contributed by atoms with van der Waals surface area (Å²) in [6.45, 7) is 6.51. The minimum Gasteiger partial charge on any atom is -0.419 e. The molecule has 1 radical (unpaired) electrons. The third kappa shape index (κ3) is 3.09. The van der Waals surface area contributed by atoms with Crippen LogP contribution in [0.3, 0.4) is 0 Å². The largest absolute Gasteiger partial charge is 0.419 e. The quantitative estimate of drug-likeness (QED) is 0.437. The minimum atomic E-state index is -0.654. The van der Waals surface area contributed by atoms with E-state index in [1.807, 2.05) is 0 Å². The zero-order valence-corrected chi connectivity index (χ0v) is 8.43. The van der Waals surface area contributed by atoms with E-state index in [1.165, 1.54) is 12.1 Å². The maximum absolute atomic E-state index is 11.0. The molecule has 0 heterocycles. The van der Waals surface area contributed by atoms with E-state index < -0.39 is 11.9 Å². The summed E-state index contributed by atoms with van der Waals surface area (Å²) in [7, 11) is 0. The van der Waals surface area contributed by atoms with Crippen molar-refractivity contribution in [3.63, 3.8) is 0 Å². The van der Waals surface area contributed by atoms with Gasteiger partial charge >= 0.3 is 11.9 Å². The standard InChI is InChI=1S/C12H9O4/c1-3-11(13)15-9-7-5-6-8-10(9)16-12(14)4-2/h3-7H,1-2H2. The van der Waals surface area contributed by atoms with Crippen LogP contribution in [0.1, 0.15) is 0 Å². The first-order chi connectivity index (χ1) is 7.67. The molecular weight excluding hydrogens is 208 g/mol. The van der Waals surface area contributed by atoms with Crippen LogP contribution in [0.4, 0.5) is 0 Å². The van der Waals surface area contributed by atoms with Crippen LogP contribution >= 0.6 is 0 Å². The first-order valence-corrected chi connectivity index (χ1v) is 4.36. The predicted molar refractivity (Wildman–Crippen MR) is 56.9 cm³/mol. The van der Waals surface area contributed by atoms with E-state index in [0.717, 1.165) is 12.2 Å². The Hall–Kier alpha value is -2.36. The summed E-state index contributed by atoms with van der Waals surface area (Å²) in [5, 5.41) is 0. The molecule has 4 heteroatoms. The van der Waals surface area contributed by atoms with Crippen molar-refractivity contribution < 1.29 is 19.1 Å². The third-order valence-electron chi connectivity index (χ3n) is 1.53. The highest BCUT2D eigenvalue weighted by Gasteiger charge is 2.09.